The highest BCUT2D eigenvalue weighted by Crippen LogP contribution is 2.36. The van der Waals surface area contributed by atoms with Crippen LogP contribution in [0.3, 0.4) is 0 Å². The second-order valence-corrected chi connectivity index (χ2v) is 3.61. The third kappa shape index (κ3) is 1.87. The molecule has 70 valence electrons. The first-order valence-corrected chi connectivity index (χ1v) is 4.44. The van der Waals surface area contributed by atoms with Crippen molar-refractivity contribution in [1.29, 1.82) is 0 Å². The summed E-state index contributed by atoms with van der Waals surface area (Å²) in [5.74, 6) is 0. The molecule has 1 heterocycles. The van der Waals surface area contributed by atoms with Gasteiger partial charge in [0, 0.05) is 25.7 Å². The molecule has 0 N–H and O–H groups in total. The van der Waals surface area contributed by atoms with Crippen molar-refractivity contribution >= 4 is 0 Å². The summed E-state index contributed by atoms with van der Waals surface area (Å²) in [5.41, 5.74) is 1.42. The van der Waals surface area contributed by atoms with E-state index in [-0.39, 0.29) is 5.41 Å². The lowest BCUT2D eigenvalue weighted by atomic mass is 9.76. The van der Waals surface area contributed by atoms with Gasteiger partial charge in [-0.25, -0.2) is 0 Å². The van der Waals surface area contributed by atoms with E-state index in [1.54, 1.807) is 7.11 Å². The Labute approximate surface area is 74.6 Å². The molecule has 0 atom stereocenters. The van der Waals surface area contributed by atoms with Crippen LogP contribution in [-0.2, 0) is 9.47 Å². The van der Waals surface area contributed by atoms with Crippen LogP contribution in [0.5, 0.6) is 0 Å². The largest absolute Gasteiger partial charge is 0.384 e. The molecule has 0 unspecified atom stereocenters. The van der Waals surface area contributed by atoms with Crippen LogP contribution in [0.4, 0.5) is 0 Å². The number of methoxy groups -OCH3 is 1. The zero-order valence-electron chi connectivity index (χ0n) is 8.06. The van der Waals surface area contributed by atoms with Crippen molar-refractivity contribution in [3.05, 3.63) is 12.2 Å². The van der Waals surface area contributed by atoms with Gasteiger partial charge in [-0.15, -0.1) is 0 Å². The minimum Gasteiger partial charge on any atom is -0.384 e. The molecule has 0 spiro atoms. The second kappa shape index (κ2) is 4.06. The van der Waals surface area contributed by atoms with E-state index in [2.05, 4.69) is 13.5 Å². The summed E-state index contributed by atoms with van der Waals surface area (Å²) in [6.07, 6.45) is 2.10. The van der Waals surface area contributed by atoms with Crippen LogP contribution in [-0.4, -0.2) is 26.9 Å². The van der Waals surface area contributed by atoms with Gasteiger partial charge in [-0.2, -0.15) is 0 Å². The molecule has 2 nitrogen and oxygen atoms in total. The van der Waals surface area contributed by atoms with Gasteiger partial charge in [0.1, 0.15) is 0 Å². The van der Waals surface area contributed by atoms with Crippen molar-refractivity contribution in [2.24, 2.45) is 5.41 Å². The average molecular weight is 170 g/mol. The normalized spacial score (nSPS) is 22.2. The Hall–Kier alpha value is -0.340. The molecule has 0 aliphatic carbocycles. The zero-order valence-corrected chi connectivity index (χ0v) is 8.06. The van der Waals surface area contributed by atoms with Crippen LogP contribution in [0.1, 0.15) is 19.8 Å². The molecule has 0 aromatic carbocycles. The molecule has 0 aromatic heterocycles. The van der Waals surface area contributed by atoms with Gasteiger partial charge in [0.25, 0.3) is 0 Å². The van der Waals surface area contributed by atoms with Crippen molar-refractivity contribution < 1.29 is 9.47 Å². The Morgan fingerprint density at radius 1 is 1.50 bits per heavy atom. The van der Waals surface area contributed by atoms with Crippen LogP contribution < -0.4 is 0 Å². The van der Waals surface area contributed by atoms with Gasteiger partial charge in [-0.05, 0) is 19.8 Å². The molecule has 1 saturated heterocycles. The maximum absolute atomic E-state index is 5.32. The van der Waals surface area contributed by atoms with Gasteiger partial charge >= 0.3 is 0 Å². The maximum atomic E-state index is 5.32. The molecule has 0 radical (unpaired) electrons. The molecule has 0 saturated carbocycles. The molecule has 1 aliphatic heterocycles. The minimum absolute atomic E-state index is 0.188. The molecule has 1 rings (SSSR count). The molecular weight excluding hydrogens is 152 g/mol. The van der Waals surface area contributed by atoms with Gasteiger partial charge in [-0.1, -0.05) is 12.2 Å². The van der Waals surface area contributed by atoms with Crippen LogP contribution >= 0.6 is 0 Å². The molecule has 2 heteroatoms. The lowest BCUT2D eigenvalue weighted by Crippen LogP contribution is -2.34. The number of hydrogen-bond acceptors (Lipinski definition) is 2. The molecule has 0 amide bonds. The van der Waals surface area contributed by atoms with E-state index in [4.69, 9.17) is 9.47 Å². The van der Waals surface area contributed by atoms with Crippen molar-refractivity contribution in [3.63, 3.8) is 0 Å². The summed E-state index contributed by atoms with van der Waals surface area (Å²) in [4.78, 5) is 0. The Morgan fingerprint density at radius 3 is 2.50 bits per heavy atom. The highest BCUT2D eigenvalue weighted by atomic mass is 16.5. The summed E-state index contributed by atoms with van der Waals surface area (Å²) in [5, 5.41) is 0. The molecule has 1 fully saturated rings. The first-order chi connectivity index (χ1) is 5.71. The van der Waals surface area contributed by atoms with Crippen LogP contribution in [0.2, 0.25) is 0 Å². The van der Waals surface area contributed by atoms with Crippen LogP contribution in [0, 0.1) is 5.41 Å². The second-order valence-electron chi connectivity index (χ2n) is 3.61. The highest BCUT2D eigenvalue weighted by molar-refractivity contribution is 5.08. The number of ether oxygens (including phenoxy) is 2. The van der Waals surface area contributed by atoms with E-state index in [1.807, 2.05) is 0 Å². The minimum atomic E-state index is 0.188. The fraction of sp³-hybridized carbons (Fsp3) is 0.800. The predicted molar refractivity (Wildman–Crippen MR) is 49.2 cm³/mol. The van der Waals surface area contributed by atoms with Gasteiger partial charge in [-0.3, -0.25) is 0 Å². The quantitative estimate of drug-likeness (QED) is 0.603. The molecule has 0 aromatic rings. The first kappa shape index (κ1) is 9.75. The predicted octanol–water partition coefficient (Wildman–Crippen LogP) is 2.01. The third-order valence-corrected chi connectivity index (χ3v) is 2.78. The van der Waals surface area contributed by atoms with Crippen molar-refractivity contribution in [2.45, 2.75) is 19.8 Å². The lowest BCUT2D eigenvalue weighted by Gasteiger charge is -2.37. The SMILES string of the molecule is C=C(C)C1(COC)CCOCC1. The van der Waals surface area contributed by atoms with E-state index in [1.165, 1.54) is 5.57 Å². The fourth-order valence-corrected chi connectivity index (χ4v) is 1.73. The van der Waals surface area contributed by atoms with Crippen LogP contribution in [0.25, 0.3) is 0 Å². The van der Waals surface area contributed by atoms with Crippen molar-refractivity contribution in [3.8, 4) is 0 Å². The van der Waals surface area contributed by atoms with Gasteiger partial charge in [0.15, 0.2) is 0 Å². The molecule has 0 bridgehead atoms. The zero-order chi connectivity index (χ0) is 9.03. The lowest BCUT2D eigenvalue weighted by molar-refractivity contribution is -0.00761. The number of hydrogen-bond donors (Lipinski definition) is 0. The summed E-state index contributed by atoms with van der Waals surface area (Å²) in [6.45, 7) is 8.59. The fourth-order valence-electron chi connectivity index (χ4n) is 1.73. The Balaban J connectivity index is 2.63. The monoisotopic (exact) mass is 170 g/mol. The smallest absolute Gasteiger partial charge is 0.0557 e. The van der Waals surface area contributed by atoms with E-state index in [9.17, 15) is 0 Å². The molecule has 1 aliphatic rings. The van der Waals surface area contributed by atoms with Crippen molar-refractivity contribution in [1.82, 2.24) is 0 Å². The first-order valence-electron chi connectivity index (χ1n) is 4.44. The van der Waals surface area contributed by atoms with Gasteiger partial charge in [0.2, 0.25) is 0 Å². The molecule has 12 heavy (non-hydrogen) atoms. The summed E-state index contributed by atoms with van der Waals surface area (Å²) in [6, 6.07) is 0. The standard InChI is InChI=1S/C10H18O2/c1-9(2)10(8-11-3)4-6-12-7-5-10/h1,4-8H2,2-3H3. The highest BCUT2D eigenvalue weighted by Gasteiger charge is 2.33. The van der Waals surface area contributed by atoms with E-state index < -0.39 is 0 Å². The Kier molecular flexibility index (Phi) is 3.29. The van der Waals surface area contributed by atoms with Gasteiger partial charge in [0.05, 0.1) is 6.61 Å². The Bertz CT molecular complexity index is 152. The average Bonchev–Trinajstić information content (AvgIpc) is 2.06. The van der Waals surface area contributed by atoms with Crippen LogP contribution in [0.15, 0.2) is 12.2 Å². The Morgan fingerprint density at radius 2 is 2.08 bits per heavy atom. The van der Waals surface area contributed by atoms with Crippen molar-refractivity contribution in [2.75, 3.05) is 26.9 Å². The summed E-state index contributed by atoms with van der Waals surface area (Å²) < 4.78 is 10.6. The topological polar surface area (TPSA) is 18.5 Å². The number of rotatable bonds is 3. The third-order valence-electron chi connectivity index (χ3n) is 2.78. The van der Waals surface area contributed by atoms with E-state index in [0.717, 1.165) is 32.7 Å². The summed E-state index contributed by atoms with van der Waals surface area (Å²) >= 11 is 0. The van der Waals surface area contributed by atoms with Gasteiger partial charge < -0.3 is 9.47 Å². The van der Waals surface area contributed by atoms with E-state index >= 15 is 0 Å². The summed E-state index contributed by atoms with van der Waals surface area (Å²) in [7, 11) is 1.75. The molecular formula is C10H18O2. The maximum Gasteiger partial charge on any atom is 0.0557 e. The van der Waals surface area contributed by atoms with E-state index in [0.29, 0.717) is 0 Å².